The van der Waals surface area contributed by atoms with Crippen molar-refractivity contribution in [1.29, 1.82) is 0 Å². The number of H-pyrrole nitrogens is 1. The molecule has 1 unspecified atom stereocenters. The molecule has 1 heterocycles. The van der Waals surface area contributed by atoms with E-state index in [1.54, 1.807) is 25.1 Å². The lowest BCUT2D eigenvalue weighted by molar-refractivity contribution is 0.102. The number of para-hydroxylation sites is 1. The highest BCUT2D eigenvalue weighted by Gasteiger charge is 2.13. The Kier molecular flexibility index (Phi) is 3.46. The number of anilines is 1. The molecule has 0 saturated carbocycles. The number of hydrogen-bond donors (Lipinski definition) is 3. The van der Waals surface area contributed by atoms with E-state index in [-0.39, 0.29) is 5.91 Å². The molecule has 4 nitrogen and oxygen atoms in total. The number of benzene rings is 2. The van der Waals surface area contributed by atoms with Gasteiger partial charge in [0.15, 0.2) is 0 Å². The highest BCUT2D eigenvalue weighted by Crippen LogP contribution is 2.24. The number of rotatable bonds is 3. The Bertz CT molecular complexity index is 790. The zero-order chi connectivity index (χ0) is 14.8. The van der Waals surface area contributed by atoms with Crippen molar-refractivity contribution in [2.45, 2.75) is 13.0 Å². The van der Waals surface area contributed by atoms with Gasteiger partial charge in [0.1, 0.15) is 0 Å². The van der Waals surface area contributed by atoms with Gasteiger partial charge < -0.3 is 15.4 Å². The lowest BCUT2D eigenvalue weighted by Gasteiger charge is -2.13. The number of amides is 1. The van der Waals surface area contributed by atoms with E-state index in [2.05, 4.69) is 10.3 Å². The zero-order valence-electron chi connectivity index (χ0n) is 11.6. The maximum absolute atomic E-state index is 12.5. The van der Waals surface area contributed by atoms with Crippen molar-refractivity contribution in [2.75, 3.05) is 5.32 Å². The molecular weight excluding hydrogens is 264 g/mol. The predicted molar refractivity (Wildman–Crippen MR) is 83.3 cm³/mol. The fourth-order valence-corrected chi connectivity index (χ4v) is 2.45. The van der Waals surface area contributed by atoms with Gasteiger partial charge in [-0.15, -0.1) is 0 Å². The van der Waals surface area contributed by atoms with Crippen LogP contribution in [0.1, 0.15) is 28.9 Å². The van der Waals surface area contributed by atoms with Crippen molar-refractivity contribution in [3.8, 4) is 0 Å². The summed E-state index contributed by atoms with van der Waals surface area (Å²) in [6.07, 6.45) is 1.18. The number of aliphatic hydroxyl groups excluding tert-OH is 1. The summed E-state index contributed by atoms with van der Waals surface area (Å²) in [7, 11) is 0. The minimum absolute atomic E-state index is 0.187. The number of aliphatic hydroxyl groups is 1. The molecule has 3 aromatic rings. The van der Waals surface area contributed by atoms with E-state index < -0.39 is 6.10 Å². The fraction of sp³-hybridized carbons (Fsp3) is 0.118. The van der Waals surface area contributed by atoms with Gasteiger partial charge in [-0.25, -0.2) is 0 Å². The van der Waals surface area contributed by atoms with Crippen LogP contribution < -0.4 is 5.32 Å². The first-order valence-electron chi connectivity index (χ1n) is 6.81. The largest absolute Gasteiger partial charge is 0.389 e. The summed E-state index contributed by atoms with van der Waals surface area (Å²) >= 11 is 0. The van der Waals surface area contributed by atoms with Crippen LogP contribution in [0.5, 0.6) is 0 Å². The minimum atomic E-state index is -0.635. The van der Waals surface area contributed by atoms with Crippen LogP contribution in [-0.4, -0.2) is 16.0 Å². The van der Waals surface area contributed by atoms with Gasteiger partial charge >= 0.3 is 0 Å². The zero-order valence-corrected chi connectivity index (χ0v) is 11.6. The number of aromatic amines is 1. The highest BCUT2D eigenvalue weighted by molar-refractivity contribution is 6.12. The van der Waals surface area contributed by atoms with Crippen LogP contribution in [0.25, 0.3) is 10.9 Å². The first-order chi connectivity index (χ1) is 10.2. The quantitative estimate of drug-likeness (QED) is 0.687. The molecule has 106 valence electrons. The number of aromatic nitrogens is 1. The summed E-state index contributed by atoms with van der Waals surface area (Å²) in [4.78, 5) is 15.6. The van der Waals surface area contributed by atoms with E-state index in [9.17, 15) is 9.90 Å². The van der Waals surface area contributed by atoms with Crippen molar-refractivity contribution < 1.29 is 9.90 Å². The molecule has 0 spiro atoms. The molecule has 0 fully saturated rings. The summed E-state index contributed by atoms with van der Waals surface area (Å²) in [5.74, 6) is -0.187. The summed E-state index contributed by atoms with van der Waals surface area (Å²) in [5, 5.41) is 13.5. The van der Waals surface area contributed by atoms with E-state index in [0.717, 1.165) is 10.9 Å². The lowest BCUT2D eigenvalue weighted by Crippen LogP contribution is -2.14. The van der Waals surface area contributed by atoms with Crippen LogP contribution in [0.2, 0.25) is 0 Å². The third-order valence-electron chi connectivity index (χ3n) is 3.50. The van der Waals surface area contributed by atoms with Crippen LogP contribution in [0.4, 0.5) is 5.69 Å². The average Bonchev–Trinajstić information content (AvgIpc) is 2.95. The average molecular weight is 280 g/mol. The molecule has 21 heavy (non-hydrogen) atoms. The molecule has 1 aromatic heterocycles. The number of fused-ring (bicyclic) bond motifs is 1. The molecule has 3 rings (SSSR count). The molecule has 0 aliphatic carbocycles. The Hall–Kier alpha value is -2.59. The topological polar surface area (TPSA) is 65.1 Å². The fourth-order valence-electron chi connectivity index (χ4n) is 2.45. The molecule has 0 aliphatic heterocycles. The molecule has 0 aliphatic rings. The molecule has 0 bridgehead atoms. The number of carbonyl (C=O) groups is 1. The summed E-state index contributed by atoms with van der Waals surface area (Å²) in [5.41, 5.74) is 2.86. The molecule has 0 saturated heterocycles. The minimum Gasteiger partial charge on any atom is -0.389 e. The Morgan fingerprint density at radius 2 is 1.95 bits per heavy atom. The van der Waals surface area contributed by atoms with Gasteiger partial charge in [0.2, 0.25) is 0 Å². The number of carbonyl (C=O) groups excluding carboxylic acids is 1. The van der Waals surface area contributed by atoms with Gasteiger partial charge in [-0.1, -0.05) is 24.3 Å². The summed E-state index contributed by atoms with van der Waals surface area (Å²) in [6.45, 7) is 1.68. The monoisotopic (exact) mass is 280 g/mol. The van der Waals surface area contributed by atoms with Crippen LogP contribution in [0, 0.1) is 0 Å². The number of hydrogen-bond acceptors (Lipinski definition) is 2. The molecule has 0 radical (unpaired) electrons. The van der Waals surface area contributed by atoms with Crippen LogP contribution in [-0.2, 0) is 0 Å². The van der Waals surface area contributed by atoms with Crippen LogP contribution in [0.15, 0.2) is 54.7 Å². The molecule has 1 amide bonds. The van der Waals surface area contributed by atoms with E-state index in [0.29, 0.717) is 16.8 Å². The van der Waals surface area contributed by atoms with Crippen LogP contribution in [0.3, 0.4) is 0 Å². The highest BCUT2D eigenvalue weighted by atomic mass is 16.3. The second-order valence-corrected chi connectivity index (χ2v) is 4.96. The van der Waals surface area contributed by atoms with Gasteiger partial charge in [-0.3, -0.25) is 4.79 Å². The third kappa shape index (κ3) is 2.53. The molecule has 1 atom stereocenters. The SMILES string of the molecule is CC(O)c1ccccc1NC(=O)c1cccc2[nH]ccc12. The van der Waals surface area contributed by atoms with E-state index in [1.165, 1.54) is 0 Å². The lowest BCUT2D eigenvalue weighted by atomic mass is 10.1. The summed E-state index contributed by atoms with van der Waals surface area (Å²) < 4.78 is 0. The van der Waals surface area contributed by atoms with Crippen molar-refractivity contribution in [3.63, 3.8) is 0 Å². The van der Waals surface area contributed by atoms with Gasteiger partial charge in [-0.05, 0) is 31.2 Å². The predicted octanol–water partition coefficient (Wildman–Crippen LogP) is 3.47. The second kappa shape index (κ2) is 5.42. The first-order valence-corrected chi connectivity index (χ1v) is 6.81. The van der Waals surface area contributed by atoms with Crippen molar-refractivity contribution in [1.82, 2.24) is 4.98 Å². The van der Waals surface area contributed by atoms with E-state index in [1.807, 2.05) is 36.5 Å². The van der Waals surface area contributed by atoms with E-state index >= 15 is 0 Å². The first kappa shape index (κ1) is 13.4. The molecule has 2 aromatic carbocycles. The smallest absolute Gasteiger partial charge is 0.256 e. The molecule has 3 N–H and O–H groups in total. The van der Waals surface area contributed by atoms with Gasteiger partial charge in [0, 0.05) is 33.9 Å². The van der Waals surface area contributed by atoms with Gasteiger partial charge in [0.25, 0.3) is 5.91 Å². The van der Waals surface area contributed by atoms with E-state index in [4.69, 9.17) is 0 Å². The Morgan fingerprint density at radius 3 is 2.76 bits per heavy atom. The Labute approximate surface area is 122 Å². The van der Waals surface area contributed by atoms with Gasteiger partial charge in [-0.2, -0.15) is 0 Å². The van der Waals surface area contributed by atoms with Crippen LogP contribution >= 0.6 is 0 Å². The second-order valence-electron chi connectivity index (χ2n) is 4.96. The summed E-state index contributed by atoms with van der Waals surface area (Å²) in [6, 6.07) is 14.7. The Morgan fingerprint density at radius 1 is 1.14 bits per heavy atom. The maximum atomic E-state index is 12.5. The van der Waals surface area contributed by atoms with Crippen molar-refractivity contribution >= 4 is 22.5 Å². The Balaban J connectivity index is 1.96. The number of nitrogens with one attached hydrogen (secondary N) is 2. The molecule has 4 heteroatoms. The normalized spacial score (nSPS) is 12.3. The van der Waals surface area contributed by atoms with Crippen molar-refractivity contribution in [3.05, 3.63) is 65.9 Å². The maximum Gasteiger partial charge on any atom is 0.256 e. The third-order valence-corrected chi connectivity index (χ3v) is 3.50. The standard InChI is InChI=1S/C17H16N2O2/c1-11(20)12-5-2-3-7-16(12)19-17(21)14-6-4-8-15-13(14)9-10-18-15/h2-11,18,20H,1H3,(H,19,21). The van der Waals surface area contributed by atoms with Crippen molar-refractivity contribution in [2.24, 2.45) is 0 Å². The molecular formula is C17H16N2O2. The van der Waals surface area contributed by atoms with Gasteiger partial charge in [0.05, 0.1) is 6.10 Å².